The number of aromatic nitrogens is 3. The van der Waals surface area contributed by atoms with Crippen LogP contribution in [-0.4, -0.2) is 46.8 Å². The summed E-state index contributed by atoms with van der Waals surface area (Å²) in [4.78, 5) is 0. The number of thioether (sulfide) groups is 1. The number of methoxy groups -OCH3 is 1. The molecule has 0 saturated heterocycles. The third kappa shape index (κ3) is 6.65. The van der Waals surface area contributed by atoms with Gasteiger partial charge in [-0.2, -0.15) is 11.8 Å². The van der Waals surface area contributed by atoms with E-state index in [9.17, 15) is 0 Å². The highest BCUT2D eigenvalue weighted by atomic mass is 32.2. The molecule has 0 aromatic carbocycles. The summed E-state index contributed by atoms with van der Waals surface area (Å²) >= 11 is 1.97. The summed E-state index contributed by atoms with van der Waals surface area (Å²) < 4.78 is 6.88. The van der Waals surface area contributed by atoms with Gasteiger partial charge in [0.25, 0.3) is 0 Å². The van der Waals surface area contributed by atoms with Crippen molar-refractivity contribution in [2.45, 2.75) is 26.4 Å². The molecule has 1 rings (SSSR count). The number of nitrogens with one attached hydrogen (secondary N) is 1. The minimum Gasteiger partial charge on any atom is -0.383 e. The Morgan fingerprint density at radius 3 is 3.18 bits per heavy atom. The highest BCUT2D eigenvalue weighted by molar-refractivity contribution is 7.99. The van der Waals surface area contributed by atoms with Crippen LogP contribution in [0.4, 0.5) is 0 Å². The van der Waals surface area contributed by atoms with Crippen LogP contribution >= 0.6 is 11.8 Å². The van der Waals surface area contributed by atoms with Crippen LogP contribution in [0, 0.1) is 0 Å². The van der Waals surface area contributed by atoms with Crippen LogP contribution in [0.2, 0.25) is 0 Å². The molecule has 0 aliphatic carbocycles. The summed E-state index contributed by atoms with van der Waals surface area (Å²) in [7, 11) is 1.70. The quantitative estimate of drug-likeness (QED) is 0.638. The molecule has 0 fully saturated rings. The lowest BCUT2D eigenvalue weighted by Gasteiger charge is -2.00. The van der Waals surface area contributed by atoms with Gasteiger partial charge in [-0.1, -0.05) is 12.1 Å². The predicted molar refractivity (Wildman–Crippen MR) is 71.2 cm³/mol. The average Bonchev–Trinajstić information content (AvgIpc) is 2.78. The molecular weight excluding hydrogens is 236 g/mol. The van der Waals surface area contributed by atoms with Gasteiger partial charge in [0, 0.05) is 32.9 Å². The minimum atomic E-state index is 0.725. The van der Waals surface area contributed by atoms with Gasteiger partial charge in [0.15, 0.2) is 0 Å². The van der Waals surface area contributed by atoms with Crippen molar-refractivity contribution in [3.63, 3.8) is 0 Å². The normalized spacial score (nSPS) is 10.9. The first kappa shape index (κ1) is 14.5. The first-order chi connectivity index (χ1) is 8.36. The Bertz CT molecular complexity index is 266. The highest BCUT2D eigenvalue weighted by Gasteiger charge is 1.99. The molecule has 0 amide bonds. The zero-order chi connectivity index (χ0) is 12.3. The minimum absolute atomic E-state index is 0.725. The summed E-state index contributed by atoms with van der Waals surface area (Å²) in [6, 6.07) is 0. The Hall–Kier alpha value is -0.590. The lowest BCUT2D eigenvalue weighted by atomic mass is 10.4. The van der Waals surface area contributed by atoms with E-state index in [1.807, 2.05) is 22.6 Å². The predicted octanol–water partition coefficient (Wildman–Crippen LogP) is 1.16. The van der Waals surface area contributed by atoms with Gasteiger partial charge in [-0.15, -0.1) is 5.10 Å². The first-order valence-electron chi connectivity index (χ1n) is 6.03. The summed E-state index contributed by atoms with van der Waals surface area (Å²) in [5.41, 5.74) is 0.990. The van der Waals surface area contributed by atoms with E-state index in [1.54, 1.807) is 7.11 Å². The summed E-state index contributed by atoms with van der Waals surface area (Å²) in [5.74, 6) is 2.38. The molecule has 0 unspecified atom stereocenters. The van der Waals surface area contributed by atoms with Crippen molar-refractivity contribution < 1.29 is 4.74 Å². The zero-order valence-electron chi connectivity index (χ0n) is 10.7. The summed E-state index contributed by atoms with van der Waals surface area (Å²) in [6.07, 6.45) is 3.16. The third-order valence-electron chi connectivity index (χ3n) is 2.26. The largest absolute Gasteiger partial charge is 0.383 e. The molecule has 6 heteroatoms. The number of nitrogens with zero attached hydrogens (tertiary/aromatic N) is 3. The van der Waals surface area contributed by atoms with Crippen molar-refractivity contribution >= 4 is 11.8 Å². The van der Waals surface area contributed by atoms with Crippen molar-refractivity contribution in [3.05, 3.63) is 11.9 Å². The number of aryl methyl sites for hydroxylation is 1. The fourth-order valence-corrected chi connectivity index (χ4v) is 2.01. The fraction of sp³-hybridized carbons (Fsp3) is 0.818. The van der Waals surface area contributed by atoms with Gasteiger partial charge in [0.05, 0.1) is 12.3 Å². The number of rotatable bonds is 10. The van der Waals surface area contributed by atoms with Crippen molar-refractivity contribution in [3.8, 4) is 0 Å². The Morgan fingerprint density at radius 2 is 2.41 bits per heavy atom. The van der Waals surface area contributed by atoms with Crippen LogP contribution in [-0.2, 0) is 17.8 Å². The van der Waals surface area contributed by atoms with E-state index in [4.69, 9.17) is 4.74 Å². The molecule has 0 spiro atoms. The third-order valence-corrected chi connectivity index (χ3v) is 3.24. The second kappa shape index (κ2) is 9.44. The SMILES string of the molecule is CCSCCCn1cc(CNCCOC)nn1. The maximum absolute atomic E-state index is 4.95. The molecule has 0 saturated carbocycles. The molecule has 0 aliphatic rings. The van der Waals surface area contributed by atoms with Gasteiger partial charge < -0.3 is 10.1 Å². The van der Waals surface area contributed by atoms with Crippen molar-refractivity contribution in [2.75, 3.05) is 31.8 Å². The van der Waals surface area contributed by atoms with Crippen LogP contribution in [0.5, 0.6) is 0 Å². The molecule has 17 heavy (non-hydrogen) atoms. The number of hydrogen-bond donors (Lipinski definition) is 1. The maximum atomic E-state index is 4.95. The molecule has 1 N–H and O–H groups in total. The molecule has 0 atom stereocenters. The van der Waals surface area contributed by atoms with Crippen LogP contribution in [0.25, 0.3) is 0 Å². The smallest absolute Gasteiger partial charge is 0.0964 e. The van der Waals surface area contributed by atoms with Crippen molar-refractivity contribution in [1.82, 2.24) is 20.3 Å². The molecular formula is C11H22N4OS. The van der Waals surface area contributed by atoms with Gasteiger partial charge in [-0.3, -0.25) is 4.68 Å². The Kier molecular flexibility index (Phi) is 8.04. The standard InChI is InChI=1S/C11H22N4OS/c1-3-17-8-4-6-15-10-11(13-14-15)9-12-5-7-16-2/h10,12H,3-9H2,1-2H3. The lowest BCUT2D eigenvalue weighted by molar-refractivity contribution is 0.199. The van der Waals surface area contributed by atoms with E-state index in [2.05, 4.69) is 22.6 Å². The number of ether oxygens (including phenoxy) is 1. The Balaban J connectivity index is 2.14. The topological polar surface area (TPSA) is 52.0 Å². The van der Waals surface area contributed by atoms with Gasteiger partial charge in [-0.25, -0.2) is 0 Å². The second-order valence-corrected chi connectivity index (χ2v) is 5.09. The molecule has 0 aliphatic heterocycles. The lowest BCUT2D eigenvalue weighted by Crippen LogP contribution is -2.18. The van der Waals surface area contributed by atoms with Crippen molar-refractivity contribution in [1.29, 1.82) is 0 Å². The van der Waals surface area contributed by atoms with E-state index in [-0.39, 0.29) is 0 Å². The van der Waals surface area contributed by atoms with Crippen LogP contribution in [0.1, 0.15) is 19.0 Å². The molecule has 5 nitrogen and oxygen atoms in total. The van der Waals surface area contributed by atoms with Crippen LogP contribution in [0.15, 0.2) is 6.20 Å². The monoisotopic (exact) mass is 258 g/mol. The molecule has 1 heterocycles. The first-order valence-corrected chi connectivity index (χ1v) is 7.18. The molecule has 0 bridgehead atoms. The van der Waals surface area contributed by atoms with Gasteiger partial charge in [0.2, 0.25) is 0 Å². The second-order valence-electron chi connectivity index (χ2n) is 3.69. The number of hydrogen-bond acceptors (Lipinski definition) is 5. The van der Waals surface area contributed by atoms with Gasteiger partial charge in [-0.05, 0) is 17.9 Å². The zero-order valence-corrected chi connectivity index (χ0v) is 11.5. The Morgan fingerprint density at radius 1 is 1.53 bits per heavy atom. The van der Waals surface area contributed by atoms with Crippen LogP contribution in [0.3, 0.4) is 0 Å². The molecule has 1 aromatic heterocycles. The van der Waals surface area contributed by atoms with E-state index in [1.165, 1.54) is 11.5 Å². The average molecular weight is 258 g/mol. The highest BCUT2D eigenvalue weighted by Crippen LogP contribution is 2.02. The molecule has 0 radical (unpaired) electrons. The van der Waals surface area contributed by atoms with E-state index in [0.29, 0.717) is 0 Å². The van der Waals surface area contributed by atoms with E-state index in [0.717, 1.165) is 38.4 Å². The Labute approximate surface area is 107 Å². The van der Waals surface area contributed by atoms with Gasteiger partial charge >= 0.3 is 0 Å². The molecule has 98 valence electrons. The van der Waals surface area contributed by atoms with E-state index >= 15 is 0 Å². The summed E-state index contributed by atoms with van der Waals surface area (Å²) in [6.45, 7) is 5.47. The van der Waals surface area contributed by atoms with E-state index < -0.39 is 0 Å². The maximum Gasteiger partial charge on any atom is 0.0964 e. The fourth-order valence-electron chi connectivity index (χ4n) is 1.39. The van der Waals surface area contributed by atoms with Crippen molar-refractivity contribution in [2.24, 2.45) is 0 Å². The van der Waals surface area contributed by atoms with Crippen LogP contribution < -0.4 is 5.32 Å². The molecule has 1 aromatic rings. The summed E-state index contributed by atoms with van der Waals surface area (Å²) in [5, 5.41) is 11.5. The van der Waals surface area contributed by atoms with Gasteiger partial charge in [0.1, 0.15) is 0 Å².